The van der Waals surface area contributed by atoms with E-state index in [1.54, 1.807) is 0 Å². The van der Waals surface area contributed by atoms with Crippen LogP contribution in [0.3, 0.4) is 0 Å². The van der Waals surface area contributed by atoms with E-state index < -0.39 is 43.7 Å². The summed E-state index contributed by atoms with van der Waals surface area (Å²) in [5, 5.41) is 14.5. The second kappa shape index (κ2) is 12.8. The van der Waals surface area contributed by atoms with E-state index in [0.717, 1.165) is 17.5 Å². The lowest BCUT2D eigenvalue weighted by Gasteiger charge is -2.44. The Hall–Kier alpha value is -3.10. The number of carbonyl (C=O) groups excluding carboxylic acids is 2. The van der Waals surface area contributed by atoms with Crippen LogP contribution in [-0.2, 0) is 27.0 Å². The Balaban J connectivity index is 1.87. The van der Waals surface area contributed by atoms with E-state index >= 15 is 0 Å². The van der Waals surface area contributed by atoms with Crippen molar-refractivity contribution in [3.05, 3.63) is 77.3 Å². The number of rotatable bonds is 10. The van der Waals surface area contributed by atoms with E-state index in [4.69, 9.17) is 9.16 Å². The molecule has 0 radical (unpaired) electrons. The molecule has 0 bridgehead atoms. The van der Waals surface area contributed by atoms with Crippen LogP contribution in [0.5, 0.6) is 0 Å². The SMILES string of the molecule is CC(C)(C)[Si](C)(C)OC1CCCCC1(O)C(=[N+]=[N-])C(=O)[C@H](Cc1ccccc1)NC(=O)OCc1ccccc1. The van der Waals surface area contributed by atoms with Gasteiger partial charge >= 0.3 is 11.8 Å². The third-order valence-corrected chi connectivity index (χ3v) is 12.4. The van der Waals surface area contributed by atoms with Gasteiger partial charge in [0.1, 0.15) is 12.6 Å². The summed E-state index contributed by atoms with van der Waals surface area (Å²) in [5.41, 5.74) is 9.53. The molecule has 2 aromatic carbocycles. The van der Waals surface area contributed by atoms with E-state index in [0.29, 0.717) is 12.8 Å². The minimum Gasteiger partial charge on any atom is -0.445 e. The molecule has 1 amide bonds. The van der Waals surface area contributed by atoms with Crippen molar-refractivity contribution in [3.63, 3.8) is 0 Å². The monoisotopic (exact) mass is 551 g/mol. The molecule has 0 aliphatic heterocycles. The molecule has 1 aliphatic rings. The number of aliphatic hydroxyl groups is 1. The number of carbonyl (C=O) groups is 2. The van der Waals surface area contributed by atoms with Gasteiger partial charge in [-0.05, 0) is 48.5 Å². The van der Waals surface area contributed by atoms with Gasteiger partial charge in [-0.2, -0.15) is 4.79 Å². The lowest BCUT2D eigenvalue weighted by Crippen LogP contribution is -2.62. The molecule has 3 rings (SSSR count). The first-order chi connectivity index (χ1) is 18.4. The fourth-order valence-corrected chi connectivity index (χ4v) is 5.94. The molecular weight excluding hydrogens is 510 g/mol. The van der Waals surface area contributed by atoms with Crippen molar-refractivity contribution in [1.29, 1.82) is 0 Å². The fourth-order valence-electron chi connectivity index (χ4n) is 4.56. The molecule has 39 heavy (non-hydrogen) atoms. The lowest BCUT2D eigenvalue weighted by molar-refractivity contribution is -0.129. The standard InChI is InChI=1S/C30H41N3O5Si/c1-29(2,3)39(4,5)38-25-18-12-13-19-30(25,36)27(33-31)26(34)24(20-22-14-8-6-9-15-22)32-28(35)37-21-23-16-10-7-11-17-23/h6-11,14-17,24-25,36H,12-13,18-21H2,1-5H3,(H,32,35)/t24-,25?,30?/m0/s1. The van der Waals surface area contributed by atoms with Crippen molar-refractivity contribution in [2.45, 2.75) is 95.4 Å². The van der Waals surface area contributed by atoms with Crippen LogP contribution >= 0.6 is 0 Å². The van der Waals surface area contributed by atoms with Crippen LogP contribution in [-0.4, -0.2) is 53.5 Å². The van der Waals surface area contributed by atoms with Crippen molar-refractivity contribution in [3.8, 4) is 0 Å². The molecule has 1 saturated carbocycles. The number of alkyl carbamates (subject to hydrolysis) is 1. The van der Waals surface area contributed by atoms with Gasteiger partial charge in [0.05, 0.1) is 6.10 Å². The van der Waals surface area contributed by atoms with Crippen LogP contribution in [0.1, 0.15) is 57.6 Å². The van der Waals surface area contributed by atoms with Gasteiger partial charge in [0.25, 0.3) is 5.78 Å². The largest absolute Gasteiger partial charge is 0.445 e. The number of Topliss-reactive ketones (excluding diaryl/α,β-unsaturated/α-hetero) is 1. The van der Waals surface area contributed by atoms with Crippen LogP contribution in [0, 0.1) is 0 Å². The lowest BCUT2D eigenvalue weighted by atomic mass is 9.76. The first-order valence-corrected chi connectivity index (χ1v) is 16.5. The van der Waals surface area contributed by atoms with Gasteiger partial charge in [0.2, 0.25) is 0 Å². The molecule has 0 spiro atoms. The predicted molar refractivity (Wildman–Crippen MR) is 153 cm³/mol. The summed E-state index contributed by atoms with van der Waals surface area (Å²) >= 11 is 0. The average Bonchev–Trinajstić information content (AvgIpc) is 2.89. The predicted octanol–water partition coefficient (Wildman–Crippen LogP) is 5.46. The zero-order valence-corrected chi connectivity index (χ0v) is 24.6. The topological polar surface area (TPSA) is 121 Å². The maximum Gasteiger partial charge on any atom is 0.408 e. The van der Waals surface area contributed by atoms with E-state index in [1.165, 1.54) is 0 Å². The number of nitrogens with one attached hydrogen (secondary N) is 1. The van der Waals surface area contributed by atoms with Crippen molar-refractivity contribution in [2.24, 2.45) is 0 Å². The Morgan fingerprint density at radius 2 is 1.67 bits per heavy atom. The van der Waals surface area contributed by atoms with Crippen LogP contribution < -0.4 is 5.32 Å². The molecular formula is C30H41N3O5Si. The summed E-state index contributed by atoms with van der Waals surface area (Å²) in [6.07, 6.45) is 0.865. The summed E-state index contributed by atoms with van der Waals surface area (Å²) in [7, 11) is -2.33. The second-order valence-electron chi connectivity index (χ2n) is 11.8. The molecule has 0 aromatic heterocycles. The molecule has 8 nitrogen and oxygen atoms in total. The molecule has 1 aliphatic carbocycles. The first-order valence-electron chi connectivity index (χ1n) is 13.6. The molecule has 9 heteroatoms. The number of hydrogen-bond donors (Lipinski definition) is 2. The quantitative estimate of drug-likeness (QED) is 0.176. The molecule has 2 N–H and O–H groups in total. The van der Waals surface area contributed by atoms with Gasteiger partial charge in [-0.25, -0.2) is 4.79 Å². The number of hydrogen-bond acceptors (Lipinski definition) is 5. The Morgan fingerprint density at radius 3 is 2.23 bits per heavy atom. The van der Waals surface area contributed by atoms with E-state index in [2.05, 4.69) is 44.0 Å². The van der Waals surface area contributed by atoms with Crippen molar-refractivity contribution < 1.29 is 28.6 Å². The third-order valence-electron chi connectivity index (χ3n) is 7.90. The zero-order chi connectivity index (χ0) is 28.7. The summed E-state index contributed by atoms with van der Waals surface area (Å²) in [5.74, 6) is -0.675. The molecule has 2 aromatic rings. The number of ether oxygens (including phenoxy) is 1. The molecule has 0 saturated heterocycles. The summed E-state index contributed by atoms with van der Waals surface area (Å²) in [4.78, 5) is 30.1. The zero-order valence-electron chi connectivity index (χ0n) is 23.6. The van der Waals surface area contributed by atoms with Crippen LogP contribution in [0.4, 0.5) is 4.79 Å². The van der Waals surface area contributed by atoms with Crippen molar-refractivity contribution in [1.82, 2.24) is 5.32 Å². The number of benzene rings is 2. The highest BCUT2D eigenvalue weighted by Gasteiger charge is 2.56. The first kappa shape index (κ1) is 30.4. The van der Waals surface area contributed by atoms with Gasteiger partial charge in [0.15, 0.2) is 13.9 Å². The minimum atomic E-state index is -2.33. The molecule has 3 atom stereocenters. The van der Waals surface area contributed by atoms with Crippen LogP contribution in [0.15, 0.2) is 60.7 Å². The molecule has 210 valence electrons. The maximum absolute atomic E-state index is 13.9. The Bertz CT molecular complexity index is 1180. The average molecular weight is 552 g/mol. The summed E-state index contributed by atoms with van der Waals surface area (Å²) in [6.45, 7) is 10.5. The third kappa shape index (κ3) is 7.73. The number of ketones is 1. The van der Waals surface area contributed by atoms with E-state index in [9.17, 15) is 20.2 Å². The highest BCUT2D eigenvalue weighted by molar-refractivity contribution is 6.74. The van der Waals surface area contributed by atoms with Gasteiger partial charge in [0, 0.05) is 6.42 Å². The van der Waals surface area contributed by atoms with E-state index in [-0.39, 0.29) is 24.5 Å². The van der Waals surface area contributed by atoms with Gasteiger partial charge < -0.3 is 25.1 Å². The molecule has 2 unspecified atom stereocenters. The normalized spacial score (nSPS) is 20.4. The summed E-state index contributed by atoms with van der Waals surface area (Å²) in [6, 6.07) is 17.3. The van der Waals surface area contributed by atoms with Crippen molar-refractivity contribution in [2.75, 3.05) is 0 Å². The maximum atomic E-state index is 13.9. The smallest absolute Gasteiger partial charge is 0.408 e. The summed E-state index contributed by atoms with van der Waals surface area (Å²) < 4.78 is 12.0. The number of amides is 1. The molecule has 0 heterocycles. The second-order valence-corrected chi connectivity index (χ2v) is 16.6. The fraction of sp³-hybridized carbons (Fsp3) is 0.500. The van der Waals surface area contributed by atoms with Crippen LogP contribution in [0.2, 0.25) is 18.1 Å². The highest BCUT2D eigenvalue weighted by Crippen LogP contribution is 2.41. The van der Waals surface area contributed by atoms with Crippen LogP contribution in [0.25, 0.3) is 5.53 Å². The highest BCUT2D eigenvalue weighted by atomic mass is 28.4. The Morgan fingerprint density at radius 1 is 1.08 bits per heavy atom. The van der Waals surface area contributed by atoms with Gasteiger partial charge in [-0.3, -0.25) is 4.79 Å². The van der Waals surface area contributed by atoms with Crippen molar-refractivity contribution >= 4 is 25.9 Å². The van der Waals surface area contributed by atoms with Gasteiger partial charge in [-0.1, -0.05) is 87.9 Å². The molecule has 1 fully saturated rings. The Kier molecular flexibility index (Phi) is 10.0. The van der Waals surface area contributed by atoms with Gasteiger partial charge in [-0.15, -0.1) is 0 Å². The Labute approximate surface area is 232 Å². The van der Waals surface area contributed by atoms with E-state index in [1.807, 2.05) is 60.7 Å². The minimum absolute atomic E-state index is 0.0340. The number of nitrogens with zero attached hydrogens (tertiary/aromatic N) is 2.